The van der Waals surface area contributed by atoms with Crippen molar-refractivity contribution in [3.05, 3.63) is 58.6 Å². The fraction of sp³-hybridized carbons (Fsp3) is 0.316. The van der Waals surface area contributed by atoms with E-state index in [1.807, 2.05) is 43.3 Å². The second-order valence-electron chi connectivity index (χ2n) is 5.63. The van der Waals surface area contributed by atoms with Crippen molar-refractivity contribution < 1.29 is 9.84 Å². The maximum Gasteiger partial charge on any atom is 0.191 e. The van der Waals surface area contributed by atoms with Gasteiger partial charge in [-0.25, -0.2) is 0 Å². The van der Waals surface area contributed by atoms with Gasteiger partial charge in [0.25, 0.3) is 0 Å². The Morgan fingerprint density at radius 3 is 2.62 bits per heavy atom. The Balaban J connectivity index is 0.00000338. The van der Waals surface area contributed by atoms with Crippen molar-refractivity contribution in [3.63, 3.8) is 0 Å². The molecule has 0 spiro atoms. The van der Waals surface area contributed by atoms with Gasteiger partial charge in [-0.05, 0) is 36.6 Å². The molecule has 7 heteroatoms. The minimum atomic E-state index is 0. The summed E-state index contributed by atoms with van der Waals surface area (Å²) < 4.78 is 5.09. The van der Waals surface area contributed by atoms with Crippen LogP contribution in [0.1, 0.15) is 24.1 Å². The zero-order chi connectivity index (χ0) is 18.2. The summed E-state index contributed by atoms with van der Waals surface area (Å²) in [5.41, 5.74) is 1.86. The van der Waals surface area contributed by atoms with Crippen molar-refractivity contribution in [2.75, 3.05) is 20.7 Å². The van der Waals surface area contributed by atoms with E-state index in [9.17, 15) is 5.11 Å². The molecule has 0 aliphatic carbocycles. The van der Waals surface area contributed by atoms with E-state index >= 15 is 0 Å². The molecular formula is C19H25ClIN3O2. The van der Waals surface area contributed by atoms with Crippen LogP contribution in [0.2, 0.25) is 5.02 Å². The summed E-state index contributed by atoms with van der Waals surface area (Å²) in [5, 5.41) is 17.3. The number of phenols is 1. The maximum absolute atomic E-state index is 10.0. The van der Waals surface area contributed by atoms with E-state index in [4.69, 9.17) is 16.3 Å². The van der Waals surface area contributed by atoms with Crippen LogP contribution in [0.15, 0.2) is 47.5 Å². The molecule has 1 unspecified atom stereocenters. The zero-order valence-corrected chi connectivity index (χ0v) is 18.2. The van der Waals surface area contributed by atoms with Gasteiger partial charge in [-0.15, -0.1) is 24.0 Å². The van der Waals surface area contributed by atoms with Gasteiger partial charge in [0.2, 0.25) is 0 Å². The highest BCUT2D eigenvalue weighted by Gasteiger charge is 2.11. The number of aliphatic imine (C=N–C) groups is 1. The third-order valence-electron chi connectivity index (χ3n) is 3.93. The highest BCUT2D eigenvalue weighted by atomic mass is 127. The van der Waals surface area contributed by atoms with Crippen molar-refractivity contribution in [3.8, 4) is 11.5 Å². The molecule has 0 saturated heterocycles. The summed E-state index contributed by atoms with van der Waals surface area (Å²) >= 11 is 6.23. The molecule has 26 heavy (non-hydrogen) atoms. The molecule has 5 nitrogen and oxygen atoms in total. The fourth-order valence-electron chi connectivity index (χ4n) is 2.50. The second-order valence-corrected chi connectivity index (χ2v) is 6.04. The number of rotatable bonds is 6. The Morgan fingerprint density at radius 1 is 1.27 bits per heavy atom. The molecule has 0 saturated carbocycles. The van der Waals surface area contributed by atoms with Gasteiger partial charge in [-0.3, -0.25) is 4.99 Å². The number of guanidine groups is 1. The maximum atomic E-state index is 10.0. The number of phenolic OH excluding ortho intramolecular Hbond substituents is 1. The Hall–Kier alpha value is -1.67. The fourth-order valence-corrected chi connectivity index (χ4v) is 2.80. The standard InChI is InChI=1S/C19H24ClN3O2.HI/c1-13(16-6-4-5-7-17(16)20)23-19(21-2)22-11-10-14-8-9-15(25-3)12-18(14)24;/h4-9,12-13,24H,10-11H2,1-3H3,(H2,21,22,23);1H. The number of nitrogens with one attached hydrogen (secondary N) is 2. The molecule has 2 aromatic rings. The number of aromatic hydroxyl groups is 1. The monoisotopic (exact) mass is 489 g/mol. The lowest BCUT2D eigenvalue weighted by atomic mass is 10.1. The van der Waals surface area contributed by atoms with Crippen molar-refractivity contribution >= 4 is 41.5 Å². The van der Waals surface area contributed by atoms with E-state index in [1.165, 1.54) is 0 Å². The number of benzene rings is 2. The summed E-state index contributed by atoms with van der Waals surface area (Å²) in [7, 11) is 3.30. The number of methoxy groups -OCH3 is 1. The van der Waals surface area contributed by atoms with Crippen LogP contribution >= 0.6 is 35.6 Å². The molecule has 0 amide bonds. The topological polar surface area (TPSA) is 65.9 Å². The van der Waals surface area contributed by atoms with Gasteiger partial charge >= 0.3 is 0 Å². The average molecular weight is 490 g/mol. The highest BCUT2D eigenvalue weighted by Crippen LogP contribution is 2.24. The van der Waals surface area contributed by atoms with Crippen LogP contribution in [-0.4, -0.2) is 31.8 Å². The largest absolute Gasteiger partial charge is 0.508 e. The van der Waals surface area contributed by atoms with Crippen LogP contribution < -0.4 is 15.4 Å². The summed E-state index contributed by atoms with van der Waals surface area (Å²) in [6, 6.07) is 13.1. The summed E-state index contributed by atoms with van der Waals surface area (Å²) in [5.74, 6) is 1.55. The van der Waals surface area contributed by atoms with Crippen molar-refractivity contribution in [1.29, 1.82) is 0 Å². The molecule has 0 heterocycles. The molecule has 142 valence electrons. The van der Waals surface area contributed by atoms with E-state index in [0.717, 1.165) is 16.1 Å². The Bertz CT molecular complexity index is 740. The predicted octanol–water partition coefficient (Wildman–Crippen LogP) is 4.14. The van der Waals surface area contributed by atoms with E-state index in [1.54, 1.807) is 20.2 Å². The SMILES string of the molecule is CN=C(NCCc1ccc(OC)cc1O)NC(C)c1ccccc1Cl.I. The lowest BCUT2D eigenvalue weighted by Gasteiger charge is -2.19. The third kappa shape index (κ3) is 6.25. The van der Waals surface area contributed by atoms with Crippen LogP contribution in [0.4, 0.5) is 0 Å². The average Bonchev–Trinajstić information content (AvgIpc) is 2.62. The molecule has 2 aromatic carbocycles. The molecule has 0 aliphatic rings. The van der Waals surface area contributed by atoms with E-state index in [2.05, 4.69) is 15.6 Å². The van der Waals surface area contributed by atoms with E-state index < -0.39 is 0 Å². The molecular weight excluding hydrogens is 465 g/mol. The van der Waals surface area contributed by atoms with Crippen molar-refractivity contribution in [2.24, 2.45) is 4.99 Å². The Labute approximate surface area is 176 Å². The number of halogens is 2. The van der Waals surface area contributed by atoms with Gasteiger partial charge in [-0.1, -0.05) is 35.9 Å². The molecule has 0 aliphatic heterocycles. The molecule has 3 N–H and O–H groups in total. The van der Waals surface area contributed by atoms with Crippen molar-refractivity contribution in [2.45, 2.75) is 19.4 Å². The summed E-state index contributed by atoms with van der Waals surface area (Å²) in [6.45, 7) is 2.66. The lowest BCUT2D eigenvalue weighted by molar-refractivity contribution is 0.406. The van der Waals surface area contributed by atoms with Crippen LogP contribution in [0, 0.1) is 0 Å². The minimum Gasteiger partial charge on any atom is -0.508 e. The van der Waals surface area contributed by atoms with Gasteiger partial charge in [0, 0.05) is 24.7 Å². The first-order chi connectivity index (χ1) is 12.0. The van der Waals surface area contributed by atoms with Gasteiger partial charge in [-0.2, -0.15) is 0 Å². The smallest absolute Gasteiger partial charge is 0.191 e. The quantitative estimate of drug-likeness (QED) is 0.324. The zero-order valence-electron chi connectivity index (χ0n) is 15.1. The van der Waals surface area contributed by atoms with Gasteiger partial charge in [0.05, 0.1) is 13.2 Å². The lowest BCUT2D eigenvalue weighted by Crippen LogP contribution is -2.39. The number of nitrogens with zero attached hydrogens (tertiary/aromatic N) is 1. The first-order valence-corrected chi connectivity index (χ1v) is 8.50. The normalized spacial score (nSPS) is 12.1. The highest BCUT2D eigenvalue weighted by molar-refractivity contribution is 14.0. The van der Waals surface area contributed by atoms with Crippen LogP contribution in [0.3, 0.4) is 0 Å². The summed E-state index contributed by atoms with van der Waals surface area (Å²) in [6.07, 6.45) is 0.664. The number of hydrogen-bond donors (Lipinski definition) is 3. The van der Waals surface area contributed by atoms with Crippen molar-refractivity contribution in [1.82, 2.24) is 10.6 Å². The molecule has 0 fully saturated rings. The van der Waals surface area contributed by atoms with E-state index in [0.29, 0.717) is 24.7 Å². The van der Waals surface area contributed by atoms with Gasteiger partial charge in [0.15, 0.2) is 5.96 Å². The van der Waals surface area contributed by atoms with E-state index in [-0.39, 0.29) is 35.8 Å². The predicted molar refractivity (Wildman–Crippen MR) is 118 cm³/mol. The Morgan fingerprint density at radius 2 is 2.00 bits per heavy atom. The third-order valence-corrected chi connectivity index (χ3v) is 4.27. The Kier molecular flexibility index (Phi) is 9.58. The molecule has 2 rings (SSSR count). The molecule has 0 bridgehead atoms. The van der Waals surface area contributed by atoms with Crippen LogP contribution in [0.25, 0.3) is 0 Å². The van der Waals surface area contributed by atoms with Crippen LogP contribution in [0.5, 0.6) is 11.5 Å². The first kappa shape index (κ1) is 22.4. The van der Waals surface area contributed by atoms with Gasteiger partial charge in [0.1, 0.15) is 11.5 Å². The second kappa shape index (κ2) is 11.1. The van der Waals surface area contributed by atoms with Crippen LogP contribution in [-0.2, 0) is 6.42 Å². The number of hydrogen-bond acceptors (Lipinski definition) is 3. The number of ether oxygens (including phenoxy) is 1. The first-order valence-electron chi connectivity index (χ1n) is 8.12. The molecule has 1 atom stereocenters. The molecule has 0 radical (unpaired) electrons. The van der Waals surface area contributed by atoms with Gasteiger partial charge < -0.3 is 20.5 Å². The molecule has 0 aromatic heterocycles. The summed E-state index contributed by atoms with van der Waals surface area (Å²) in [4.78, 5) is 4.23. The minimum absolute atomic E-state index is 0.